The van der Waals surface area contributed by atoms with E-state index in [0.717, 1.165) is 51.9 Å². The summed E-state index contributed by atoms with van der Waals surface area (Å²) in [5.41, 5.74) is -0.451. The standard InChI is InChI=1S/C18H31N5O2/c1-4-23(5-2)12-15-20-17(22-25-15)18(8-6-7-9-18)21-16(24)13(3)14-10-19-11-14/h13-14,19H,4-12H2,1-3H3,(H,21,24). The summed E-state index contributed by atoms with van der Waals surface area (Å²) in [6.07, 6.45) is 3.94. The van der Waals surface area contributed by atoms with Crippen LogP contribution in [0.1, 0.15) is 58.2 Å². The van der Waals surface area contributed by atoms with Crippen molar-refractivity contribution in [3.63, 3.8) is 0 Å². The molecule has 1 aliphatic carbocycles. The molecule has 1 saturated carbocycles. The second kappa shape index (κ2) is 7.83. The molecule has 0 spiro atoms. The van der Waals surface area contributed by atoms with Gasteiger partial charge in [-0.3, -0.25) is 9.69 Å². The van der Waals surface area contributed by atoms with Crippen LogP contribution in [0.4, 0.5) is 0 Å². The van der Waals surface area contributed by atoms with Gasteiger partial charge in [0.15, 0.2) is 5.82 Å². The van der Waals surface area contributed by atoms with Crippen molar-refractivity contribution >= 4 is 5.91 Å². The summed E-state index contributed by atoms with van der Waals surface area (Å²) in [4.78, 5) is 19.6. The van der Waals surface area contributed by atoms with E-state index in [9.17, 15) is 4.79 Å². The van der Waals surface area contributed by atoms with Gasteiger partial charge in [-0.1, -0.05) is 38.8 Å². The molecule has 2 aliphatic rings. The molecule has 1 aromatic heterocycles. The molecule has 2 heterocycles. The molecule has 1 aromatic rings. The zero-order chi connectivity index (χ0) is 17.9. The van der Waals surface area contributed by atoms with E-state index in [1.807, 2.05) is 6.92 Å². The molecule has 1 atom stereocenters. The van der Waals surface area contributed by atoms with Gasteiger partial charge in [-0.25, -0.2) is 0 Å². The Morgan fingerprint density at radius 1 is 1.36 bits per heavy atom. The molecule has 1 saturated heterocycles. The smallest absolute Gasteiger partial charge is 0.240 e. The summed E-state index contributed by atoms with van der Waals surface area (Å²) >= 11 is 0. The summed E-state index contributed by atoms with van der Waals surface area (Å²) in [6.45, 7) is 10.7. The van der Waals surface area contributed by atoms with Crippen molar-refractivity contribution in [2.45, 2.75) is 58.5 Å². The molecule has 0 bridgehead atoms. The highest BCUT2D eigenvalue weighted by Gasteiger charge is 2.43. The van der Waals surface area contributed by atoms with Gasteiger partial charge in [0.2, 0.25) is 11.8 Å². The lowest BCUT2D eigenvalue weighted by Gasteiger charge is -2.34. The first-order valence-electron chi connectivity index (χ1n) is 9.66. The number of carbonyl (C=O) groups is 1. The molecule has 2 N–H and O–H groups in total. The van der Waals surface area contributed by atoms with Gasteiger partial charge >= 0.3 is 0 Å². The first kappa shape index (κ1) is 18.3. The Kier molecular flexibility index (Phi) is 5.74. The zero-order valence-electron chi connectivity index (χ0n) is 15.7. The molecule has 3 rings (SSSR count). The predicted molar refractivity (Wildman–Crippen MR) is 94.7 cm³/mol. The quantitative estimate of drug-likeness (QED) is 0.742. The van der Waals surface area contributed by atoms with E-state index in [1.54, 1.807) is 0 Å². The summed E-state index contributed by atoms with van der Waals surface area (Å²) in [6, 6.07) is 0. The van der Waals surface area contributed by atoms with E-state index in [-0.39, 0.29) is 11.8 Å². The third-order valence-corrected chi connectivity index (χ3v) is 5.90. The molecule has 1 aliphatic heterocycles. The van der Waals surface area contributed by atoms with Gasteiger partial charge in [-0.05, 0) is 44.9 Å². The Morgan fingerprint density at radius 3 is 2.60 bits per heavy atom. The van der Waals surface area contributed by atoms with Crippen LogP contribution in [0.15, 0.2) is 4.52 Å². The highest BCUT2D eigenvalue weighted by Crippen LogP contribution is 2.38. The van der Waals surface area contributed by atoms with E-state index in [0.29, 0.717) is 24.2 Å². The van der Waals surface area contributed by atoms with Crippen molar-refractivity contribution in [2.75, 3.05) is 26.2 Å². The van der Waals surface area contributed by atoms with E-state index in [4.69, 9.17) is 4.52 Å². The molecule has 7 heteroatoms. The second-order valence-corrected chi connectivity index (χ2v) is 7.46. The van der Waals surface area contributed by atoms with Crippen molar-refractivity contribution < 1.29 is 9.32 Å². The number of rotatable bonds is 8. The summed E-state index contributed by atoms with van der Waals surface area (Å²) in [5, 5.41) is 10.8. The Balaban J connectivity index is 1.71. The van der Waals surface area contributed by atoms with Crippen LogP contribution in [0, 0.1) is 11.8 Å². The highest BCUT2D eigenvalue weighted by atomic mass is 16.5. The Labute approximate surface area is 149 Å². The maximum absolute atomic E-state index is 12.8. The minimum Gasteiger partial charge on any atom is -0.343 e. The number of carbonyl (C=O) groups excluding carboxylic acids is 1. The van der Waals surface area contributed by atoms with Crippen molar-refractivity contribution in [1.29, 1.82) is 0 Å². The lowest BCUT2D eigenvalue weighted by molar-refractivity contribution is -0.129. The third-order valence-electron chi connectivity index (χ3n) is 5.90. The number of nitrogens with zero attached hydrogens (tertiary/aromatic N) is 3. The normalized spacial score (nSPS) is 21.3. The molecule has 0 radical (unpaired) electrons. The Morgan fingerprint density at radius 2 is 2.04 bits per heavy atom. The fourth-order valence-electron chi connectivity index (χ4n) is 3.76. The predicted octanol–water partition coefficient (Wildman–Crippen LogP) is 1.65. The van der Waals surface area contributed by atoms with Gasteiger partial charge in [0, 0.05) is 5.92 Å². The van der Waals surface area contributed by atoms with E-state index in [2.05, 4.69) is 39.5 Å². The zero-order valence-corrected chi connectivity index (χ0v) is 15.7. The maximum Gasteiger partial charge on any atom is 0.240 e. The monoisotopic (exact) mass is 349 g/mol. The van der Waals surface area contributed by atoms with Gasteiger partial charge in [0.25, 0.3) is 0 Å². The largest absolute Gasteiger partial charge is 0.343 e. The second-order valence-electron chi connectivity index (χ2n) is 7.46. The molecule has 7 nitrogen and oxygen atoms in total. The van der Waals surface area contributed by atoms with Crippen LogP contribution in [-0.2, 0) is 16.9 Å². The molecule has 140 valence electrons. The van der Waals surface area contributed by atoms with E-state index >= 15 is 0 Å². The topological polar surface area (TPSA) is 83.3 Å². The average Bonchev–Trinajstić information content (AvgIpc) is 3.21. The van der Waals surface area contributed by atoms with Crippen LogP contribution in [0.5, 0.6) is 0 Å². The van der Waals surface area contributed by atoms with Crippen LogP contribution in [0.2, 0.25) is 0 Å². The van der Waals surface area contributed by atoms with Gasteiger partial charge in [-0.15, -0.1) is 0 Å². The fourth-order valence-corrected chi connectivity index (χ4v) is 3.76. The van der Waals surface area contributed by atoms with Crippen molar-refractivity contribution in [3.8, 4) is 0 Å². The van der Waals surface area contributed by atoms with E-state index < -0.39 is 5.54 Å². The first-order valence-corrected chi connectivity index (χ1v) is 9.66. The molecule has 2 fully saturated rings. The number of aromatic nitrogens is 2. The third kappa shape index (κ3) is 3.87. The molecule has 1 unspecified atom stereocenters. The fraction of sp³-hybridized carbons (Fsp3) is 0.833. The van der Waals surface area contributed by atoms with Crippen LogP contribution in [-0.4, -0.2) is 47.1 Å². The van der Waals surface area contributed by atoms with Gasteiger partial charge in [-0.2, -0.15) is 4.98 Å². The number of hydrogen-bond acceptors (Lipinski definition) is 6. The van der Waals surface area contributed by atoms with Gasteiger partial charge in [0.1, 0.15) is 5.54 Å². The number of amides is 1. The maximum atomic E-state index is 12.8. The van der Waals surface area contributed by atoms with Crippen LogP contribution in [0.25, 0.3) is 0 Å². The lowest BCUT2D eigenvalue weighted by atomic mass is 9.86. The van der Waals surface area contributed by atoms with E-state index in [1.165, 1.54) is 0 Å². The summed E-state index contributed by atoms with van der Waals surface area (Å²) < 4.78 is 5.49. The van der Waals surface area contributed by atoms with Crippen molar-refractivity contribution in [1.82, 2.24) is 25.7 Å². The van der Waals surface area contributed by atoms with Crippen LogP contribution in [0.3, 0.4) is 0 Å². The lowest BCUT2D eigenvalue weighted by Crippen LogP contribution is -2.53. The minimum atomic E-state index is -0.451. The van der Waals surface area contributed by atoms with Crippen molar-refractivity contribution in [3.05, 3.63) is 11.7 Å². The number of hydrogen-bond donors (Lipinski definition) is 2. The van der Waals surface area contributed by atoms with Crippen molar-refractivity contribution in [2.24, 2.45) is 11.8 Å². The first-order chi connectivity index (χ1) is 12.1. The van der Waals surface area contributed by atoms with Gasteiger partial charge < -0.3 is 15.2 Å². The highest BCUT2D eigenvalue weighted by molar-refractivity contribution is 5.79. The van der Waals surface area contributed by atoms with Crippen LogP contribution >= 0.6 is 0 Å². The van der Waals surface area contributed by atoms with Crippen LogP contribution < -0.4 is 10.6 Å². The Hall–Kier alpha value is -1.47. The summed E-state index contributed by atoms with van der Waals surface area (Å²) in [5.74, 6) is 1.85. The van der Waals surface area contributed by atoms with Gasteiger partial charge in [0.05, 0.1) is 6.54 Å². The SMILES string of the molecule is CCN(CC)Cc1nc(C2(NC(=O)C(C)C3CNC3)CCCC2)no1. The number of nitrogens with one attached hydrogen (secondary N) is 2. The Bertz CT molecular complexity index is 574. The molecule has 0 aromatic carbocycles. The molecular weight excluding hydrogens is 318 g/mol. The summed E-state index contributed by atoms with van der Waals surface area (Å²) in [7, 11) is 0. The minimum absolute atomic E-state index is 0.0146. The average molecular weight is 349 g/mol. The molecular formula is C18H31N5O2. The molecule has 1 amide bonds. The molecule has 25 heavy (non-hydrogen) atoms.